The number of methoxy groups -OCH3 is 2. The zero-order valence-corrected chi connectivity index (χ0v) is 17.9. The number of urea groups is 1. The number of rotatable bonds is 6. The molecule has 2 amide bonds. The lowest BCUT2D eigenvalue weighted by Crippen LogP contribution is -2.35. The molecule has 162 valence electrons. The average Bonchev–Trinajstić information content (AvgIpc) is 3.02. The van der Waals surface area contributed by atoms with E-state index in [9.17, 15) is 4.79 Å². The summed E-state index contributed by atoms with van der Waals surface area (Å²) in [6.45, 7) is 1.18. The van der Waals surface area contributed by atoms with Crippen LogP contribution in [0.5, 0.6) is 11.5 Å². The summed E-state index contributed by atoms with van der Waals surface area (Å²) in [6, 6.07) is 14.4. The molecule has 1 N–H and O–H groups in total. The number of carbonyl (C=O) groups excluding carboxylic acids is 1. The predicted octanol–water partition coefficient (Wildman–Crippen LogP) is 4.26. The molecule has 0 bridgehead atoms. The molecule has 3 aromatic rings. The molecule has 0 saturated heterocycles. The van der Waals surface area contributed by atoms with E-state index in [1.807, 2.05) is 42.5 Å². The van der Waals surface area contributed by atoms with E-state index in [1.165, 1.54) is 6.42 Å². The summed E-state index contributed by atoms with van der Waals surface area (Å²) in [5.41, 5.74) is 1.36. The van der Waals surface area contributed by atoms with Gasteiger partial charge in [-0.2, -0.15) is 0 Å². The number of aryl methyl sites for hydroxylation is 1. The van der Waals surface area contributed by atoms with Gasteiger partial charge in [0.25, 0.3) is 0 Å². The van der Waals surface area contributed by atoms with Gasteiger partial charge in [-0.3, -0.25) is 4.90 Å². The van der Waals surface area contributed by atoms with Gasteiger partial charge in [0.1, 0.15) is 17.3 Å². The van der Waals surface area contributed by atoms with E-state index in [4.69, 9.17) is 9.47 Å². The van der Waals surface area contributed by atoms with Crippen molar-refractivity contribution in [1.82, 2.24) is 14.8 Å². The highest BCUT2D eigenvalue weighted by molar-refractivity contribution is 6.01. The number of fused-ring (bicyclic) bond motifs is 1. The van der Waals surface area contributed by atoms with Crippen LogP contribution in [0, 0.1) is 0 Å². The number of hydrogen-bond donors (Lipinski definition) is 1. The lowest BCUT2D eigenvalue weighted by Gasteiger charge is -2.24. The van der Waals surface area contributed by atoms with E-state index in [0.29, 0.717) is 29.4 Å². The second-order valence-electron chi connectivity index (χ2n) is 7.44. The van der Waals surface area contributed by atoms with Crippen molar-refractivity contribution in [2.24, 2.45) is 0 Å². The van der Waals surface area contributed by atoms with Gasteiger partial charge in [0.05, 0.1) is 20.8 Å². The van der Waals surface area contributed by atoms with Crippen LogP contribution < -0.4 is 19.7 Å². The van der Waals surface area contributed by atoms with Gasteiger partial charge in [-0.05, 0) is 37.1 Å². The molecule has 0 atom stereocenters. The van der Waals surface area contributed by atoms with Crippen molar-refractivity contribution in [3.8, 4) is 11.5 Å². The van der Waals surface area contributed by atoms with Gasteiger partial charge in [0, 0.05) is 36.5 Å². The summed E-state index contributed by atoms with van der Waals surface area (Å²) in [4.78, 5) is 15.0. The Hall–Kier alpha value is -3.55. The molecule has 2 heterocycles. The Labute approximate surface area is 181 Å². The van der Waals surface area contributed by atoms with E-state index in [2.05, 4.69) is 20.1 Å². The second-order valence-corrected chi connectivity index (χ2v) is 7.44. The highest BCUT2D eigenvalue weighted by Gasteiger charge is 2.22. The molecule has 0 spiro atoms. The standard InChI is InChI=1S/C23H27N5O3/c1-30-19-10-6-8-17(14-19)24-23(29)28(18-9-7-11-20(15-18)31-2)16-22-26-25-21-12-4-3-5-13-27(21)22/h6-11,14-15H,3-5,12-13,16H2,1-2H3,(H,24,29). The minimum absolute atomic E-state index is 0.271. The number of amides is 2. The van der Waals surface area contributed by atoms with Crippen molar-refractivity contribution in [2.45, 2.75) is 38.8 Å². The second kappa shape index (κ2) is 9.51. The van der Waals surface area contributed by atoms with Crippen molar-refractivity contribution >= 4 is 17.4 Å². The number of nitrogens with one attached hydrogen (secondary N) is 1. The summed E-state index contributed by atoms with van der Waals surface area (Å²) < 4.78 is 12.8. The lowest BCUT2D eigenvalue weighted by molar-refractivity contribution is 0.256. The summed E-state index contributed by atoms with van der Waals surface area (Å²) in [7, 11) is 3.21. The maximum absolute atomic E-state index is 13.4. The molecule has 0 fully saturated rings. The van der Waals surface area contributed by atoms with E-state index >= 15 is 0 Å². The number of ether oxygens (including phenoxy) is 2. The van der Waals surface area contributed by atoms with Crippen LogP contribution in [-0.4, -0.2) is 35.0 Å². The zero-order chi connectivity index (χ0) is 21.6. The highest BCUT2D eigenvalue weighted by atomic mass is 16.5. The minimum atomic E-state index is -0.271. The summed E-state index contributed by atoms with van der Waals surface area (Å²) in [5.74, 6) is 3.12. The summed E-state index contributed by atoms with van der Waals surface area (Å²) >= 11 is 0. The third-order valence-corrected chi connectivity index (χ3v) is 5.42. The van der Waals surface area contributed by atoms with Crippen LogP contribution in [-0.2, 0) is 19.5 Å². The number of anilines is 2. The molecule has 1 aliphatic rings. The molecule has 0 unspecified atom stereocenters. The Balaban J connectivity index is 1.64. The molecule has 1 aliphatic heterocycles. The maximum Gasteiger partial charge on any atom is 0.326 e. The number of benzene rings is 2. The van der Waals surface area contributed by atoms with Crippen molar-refractivity contribution < 1.29 is 14.3 Å². The highest BCUT2D eigenvalue weighted by Crippen LogP contribution is 2.25. The van der Waals surface area contributed by atoms with E-state index < -0.39 is 0 Å². The van der Waals surface area contributed by atoms with Crippen LogP contribution in [0.15, 0.2) is 48.5 Å². The topological polar surface area (TPSA) is 81.5 Å². The lowest BCUT2D eigenvalue weighted by atomic mass is 10.2. The Morgan fingerprint density at radius 2 is 1.81 bits per heavy atom. The van der Waals surface area contributed by atoms with E-state index in [0.717, 1.165) is 37.5 Å². The molecule has 2 aromatic carbocycles. The van der Waals surface area contributed by atoms with Gasteiger partial charge >= 0.3 is 6.03 Å². The number of hydrogen-bond acceptors (Lipinski definition) is 5. The average molecular weight is 422 g/mol. The van der Waals surface area contributed by atoms with Crippen molar-refractivity contribution in [2.75, 3.05) is 24.4 Å². The molecule has 31 heavy (non-hydrogen) atoms. The van der Waals surface area contributed by atoms with Crippen LogP contribution in [0.25, 0.3) is 0 Å². The predicted molar refractivity (Wildman–Crippen MR) is 119 cm³/mol. The van der Waals surface area contributed by atoms with Gasteiger partial charge in [-0.25, -0.2) is 4.79 Å². The fourth-order valence-corrected chi connectivity index (χ4v) is 3.75. The summed E-state index contributed by atoms with van der Waals surface area (Å²) in [6.07, 6.45) is 4.31. The van der Waals surface area contributed by atoms with Crippen molar-refractivity contribution in [1.29, 1.82) is 0 Å². The van der Waals surface area contributed by atoms with Gasteiger partial charge < -0.3 is 19.4 Å². The zero-order valence-electron chi connectivity index (χ0n) is 17.9. The molecular formula is C23H27N5O3. The Morgan fingerprint density at radius 3 is 2.61 bits per heavy atom. The monoisotopic (exact) mass is 421 g/mol. The van der Waals surface area contributed by atoms with Gasteiger partial charge in [-0.1, -0.05) is 18.6 Å². The van der Waals surface area contributed by atoms with Crippen LogP contribution in [0.1, 0.15) is 30.9 Å². The largest absolute Gasteiger partial charge is 0.497 e. The SMILES string of the molecule is COc1cccc(NC(=O)N(Cc2nnc3n2CCCCC3)c2cccc(OC)c2)c1. The molecule has 8 nitrogen and oxygen atoms in total. The minimum Gasteiger partial charge on any atom is -0.497 e. The number of carbonyl (C=O) groups is 1. The third kappa shape index (κ3) is 4.79. The molecular weight excluding hydrogens is 394 g/mol. The van der Waals surface area contributed by atoms with Crippen LogP contribution in [0.2, 0.25) is 0 Å². The van der Waals surface area contributed by atoms with E-state index in [1.54, 1.807) is 25.2 Å². The smallest absolute Gasteiger partial charge is 0.326 e. The first-order valence-corrected chi connectivity index (χ1v) is 10.5. The fourth-order valence-electron chi connectivity index (χ4n) is 3.75. The first kappa shape index (κ1) is 20.7. The van der Waals surface area contributed by atoms with Crippen LogP contribution >= 0.6 is 0 Å². The van der Waals surface area contributed by atoms with Gasteiger partial charge in [0.2, 0.25) is 0 Å². The van der Waals surface area contributed by atoms with Crippen molar-refractivity contribution in [3.63, 3.8) is 0 Å². The number of nitrogens with zero attached hydrogens (tertiary/aromatic N) is 4. The fraction of sp³-hybridized carbons (Fsp3) is 0.348. The normalized spacial score (nSPS) is 13.1. The molecule has 0 saturated carbocycles. The van der Waals surface area contributed by atoms with Crippen molar-refractivity contribution in [3.05, 3.63) is 60.2 Å². The Bertz CT molecular complexity index is 1050. The first-order chi connectivity index (χ1) is 15.2. The van der Waals surface area contributed by atoms with Gasteiger partial charge in [0.15, 0.2) is 5.82 Å². The first-order valence-electron chi connectivity index (χ1n) is 10.5. The molecule has 8 heteroatoms. The Morgan fingerprint density at radius 1 is 1.03 bits per heavy atom. The van der Waals surface area contributed by atoms with Crippen LogP contribution in [0.4, 0.5) is 16.2 Å². The Kier molecular flexibility index (Phi) is 6.35. The molecule has 0 aliphatic carbocycles. The van der Waals surface area contributed by atoms with E-state index in [-0.39, 0.29) is 6.03 Å². The molecule has 0 radical (unpaired) electrons. The maximum atomic E-state index is 13.4. The molecule has 4 rings (SSSR count). The number of aromatic nitrogens is 3. The third-order valence-electron chi connectivity index (χ3n) is 5.42. The van der Waals surface area contributed by atoms with Crippen LogP contribution in [0.3, 0.4) is 0 Å². The quantitative estimate of drug-likeness (QED) is 0.643. The molecule has 1 aromatic heterocycles. The summed E-state index contributed by atoms with van der Waals surface area (Å²) in [5, 5.41) is 11.7. The van der Waals surface area contributed by atoms with Gasteiger partial charge in [-0.15, -0.1) is 10.2 Å².